The zero-order valence-electron chi connectivity index (χ0n) is 20.3. The molecule has 0 N–H and O–H groups in total. The summed E-state index contributed by atoms with van der Waals surface area (Å²) < 4.78 is 15.3. The molecule has 2 fully saturated rings. The van der Waals surface area contributed by atoms with Gasteiger partial charge in [-0.1, -0.05) is 42.8 Å². The molecule has 0 bridgehead atoms. The third-order valence-electron chi connectivity index (χ3n) is 8.55. The molecule has 1 saturated heterocycles. The van der Waals surface area contributed by atoms with Gasteiger partial charge in [-0.3, -0.25) is 4.79 Å². The quantitative estimate of drug-likeness (QED) is 0.471. The second-order valence-electron chi connectivity index (χ2n) is 10.7. The Morgan fingerprint density at radius 2 is 1.89 bits per heavy atom. The molecular weight excluding hydrogens is 437 g/mol. The molecule has 2 heterocycles. The van der Waals surface area contributed by atoms with Crippen molar-refractivity contribution in [1.29, 1.82) is 0 Å². The number of aromatic nitrogens is 2. The maximum Gasteiger partial charge on any atom is 0.226 e. The third-order valence-corrected chi connectivity index (χ3v) is 8.55. The summed E-state index contributed by atoms with van der Waals surface area (Å²) in [5, 5.41) is 4.63. The highest BCUT2D eigenvalue weighted by Crippen LogP contribution is 2.54. The predicted octanol–water partition coefficient (Wildman–Crippen LogP) is 5.99. The Hall–Kier alpha value is -3.21. The Kier molecular flexibility index (Phi) is 5.58. The highest BCUT2D eigenvalue weighted by molar-refractivity contribution is 5.82. The topological polar surface area (TPSA) is 38.1 Å². The van der Waals surface area contributed by atoms with Crippen molar-refractivity contribution in [3.05, 3.63) is 89.0 Å². The van der Waals surface area contributed by atoms with Gasteiger partial charge in [0.2, 0.25) is 5.91 Å². The summed E-state index contributed by atoms with van der Waals surface area (Å²) >= 11 is 0. The lowest BCUT2D eigenvalue weighted by Crippen LogP contribution is -2.50. The van der Waals surface area contributed by atoms with Gasteiger partial charge in [-0.25, -0.2) is 9.07 Å². The summed E-state index contributed by atoms with van der Waals surface area (Å²) in [6.45, 7) is 3.15. The molecule has 3 aliphatic rings. The fraction of sp³-hybridized carbons (Fsp3) is 0.400. The first-order valence-corrected chi connectivity index (χ1v) is 12.9. The van der Waals surface area contributed by atoms with E-state index >= 15 is 0 Å². The van der Waals surface area contributed by atoms with Crippen molar-refractivity contribution in [3.8, 4) is 5.69 Å². The van der Waals surface area contributed by atoms with Crippen molar-refractivity contribution in [2.75, 3.05) is 6.54 Å². The molecule has 2 aromatic carbocycles. The number of carbonyl (C=O) groups excluding carboxylic acids is 1. The normalized spacial score (nSPS) is 25.7. The number of nitrogens with zero attached hydrogens (tertiary/aromatic N) is 3. The van der Waals surface area contributed by atoms with Crippen LogP contribution in [0.1, 0.15) is 55.8 Å². The first-order valence-electron chi connectivity index (χ1n) is 12.9. The number of likely N-dealkylation sites (tertiary alicyclic amines) is 1. The van der Waals surface area contributed by atoms with Gasteiger partial charge in [-0.15, -0.1) is 0 Å². The number of benzene rings is 2. The summed E-state index contributed by atoms with van der Waals surface area (Å²) in [6.07, 6.45) is 11.2. The first kappa shape index (κ1) is 22.3. The largest absolute Gasteiger partial charge is 0.339 e. The van der Waals surface area contributed by atoms with Crippen molar-refractivity contribution in [3.63, 3.8) is 0 Å². The molecule has 4 nitrogen and oxygen atoms in total. The van der Waals surface area contributed by atoms with Crippen LogP contribution in [0.25, 0.3) is 11.8 Å². The van der Waals surface area contributed by atoms with Crippen LogP contribution in [0.3, 0.4) is 0 Å². The number of fused-ring (bicyclic) bond motifs is 2. The van der Waals surface area contributed by atoms with E-state index in [0.29, 0.717) is 5.91 Å². The molecular formula is C30H32FN3O. The van der Waals surface area contributed by atoms with Gasteiger partial charge in [0.15, 0.2) is 0 Å². The fourth-order valence-electron chi connectivity index (χ4n) is 6.62. The Balaban J connectivity index is 1.26. The van der Waals surface area contributed by atoms with Crippen molar-refractivity contribution < 1.29 is 9.18 Å². The Morgan fingerprint density at radius 3 is 2.69 bits per heavy atom. The summed E-state index contributed by atoms with van der Waals surface area (Å²) in [6, 6.07) is 17.3. The van der Waals surface area contributed by atoms with Crippen LogP contribution in [-0.4, -0.2) is 33.2 Å². The number of halogens is 1. The van der Waals surface area contributed by atoms with Crippen LogP contribution < -0.4 is 0 Å². The molecule has 2 aliphatic carbocycles. The van der Waals surface area contributed by atoms with E-state index in [-0.39, 0.29) is 23.2 Å². The van der Waals surface area contributed by atoms with Gasteiger partial charge in [0.25, 0.3) is 0 Å². The summed E-state index contributed by atoms with van der Waals surface area (Å²) in [5.41, 5.74) is 5.58. The van der Waals surface area contributed by atoms with Gasteiger partial charge in [-0.2, -0.15) is 5.10 Å². The average Bonchev–Trinajstić information content (AvgIpc) is 3.43. The average molecular weight is 470 g/mol. The molecule has 0 spiro atoms. The minimum atomic E-state index is -0.249. The summed E-state index contributed by atoms with van der Waals surface area (Å²) in [4.78, 5) is 16.3. The minimum Gasteiger partial charge on any atom is -0.339 e. The molecule has 0 radical (unpaired) electrons. The molecule has 5 heteroatoms. The predicted molar refractivity (Wildman–Crippen MR) is 136 cm³/mol. The van der Waals surface area contributed by atoms with Crippen LogP contribution in [0.5, 0.6) is 0 Å². The fourth-order valence-corrected chi connectivity index (χ4v) is 6.62. The molecule has 35 heavy (non-hydrogen) atoms. The summed E-state index contributed by atoms with van der Waals surface area (Å²) in [5.74, 6) is 0.0967. The van der Waals surface area contributed by atoms with E-state index in [9.17, 15) is 9.18 Å². The number of rotatable bonds is 4. The van der Waals surface area contributed by atoms with Crippen LogP contribution in [0, 0.1) is 17.2 Å². The van der Waals surface area contributed by atoms with E-state index < -0.39 is 0 Å². The third kappa shape index (κ3) is 3.91. The lowest BCUT2D eigenvalue weighted by Gasteiger charge is -2.42. The number of hydrogen-bond donors (Lipinski definition) is 0. The van der Waals surface area contributed by atoms with Gasteiger partial charge < -0.3 is 4.90 Å². The van der Waals surface area contributed by atoms with Gasteiger partial charge in [0.05, 0.1) is 17.6 Å². The summed E-state index contributed by atoms with van der Waals surface area (Å²) in [7, 11) is 0. The number of piperidine rings is 1. The van der Waals surface area contributed by atoms with Crippen LogP contribution in [0.15, 0.2) is 66.4 Å². The molecule has 180 valence electrons. The molecule has 3 atom stereocenters. The minimum absolute atomic E-state index is 0.00689. The van der Waals surface area contributed by atoms with E-state index in [1.54, 1.807) is 12.1 Å². The standard InChI is InChI=1S/C30H32FN3O/c1-30-19-22-20-32-34(25-13-11-24(31)12-14-25)28(22)18-23(30)10-15-27(30)29(35)33-16-6-5-9-26(33)17-21-7-3-2-4-8-21/h2-4,7-8,11-14,18,20,26-27H,5-6,9-10,15-17,19H2,1H3/t26?,27-,30+/m1/s1. The Morgan fingerprint density at radius 1 is 1.09 bits per heavy atom. The number of carbonyl (C=O) groups is 1. The van der Waals surface area contributed by atoms with Crippen molar-refractivity contribution in [1.82, 2.24) is 14.7 Å². The highest BCUT2D eigenvalue weighted by atomic mass is 19.1. The second kappa shape index (κ2) is 8.78. The monoisotopic (exact) mass is 469 g/mol. The Bertz CT molecular complexity index is 1260. The lowest BCUT2D eigenvalue weighted by atomic mass is 9.69. The molecule has 1 amide bonds. The maximum absolute atomic E-state index is 14.1. The molecule has 6 rings (SSSR count). The molecule has 1 aliphatic heterocycles. The van der Waals surface area contributed by atoms with Crippen molar-refractivity contribution in [2.24, 2.45) is 11.3 Å². The van der Waals surface area contributed by atoms with Gasteiger partial charge in [0.1, 0.15) is 5.82 Å². The molecule has 1 aromatic heterocycles. The number of amides is 1. The van der Waals surface area contributed by atoms with Crippen molar-refractivity contribution >= 4 is 12.0 Å². The van der Waals surface area contributed by atoms with E-state index in [1.165, 1.54) is 35.3 Å². The van der Waals surface area contributed by atoms with Crippen LogP contribution >= 0.6 is 0 Å². The van der Waals surface area contributed by atoms with Crippen LogP contribution in [0.4, 0.5) is 4.39 Å². The maximum atomic E-state index is 14.1. The van der Waals surface area contributed by atoms with Crippen LogP contribution in [0.2, 0.25) is 0 Å². The lowest BCUT2D eigenvalue weighted by molar-refractivity contribution is -0.142. The van der Waals surface area contributed by atoms with Crippen molar-refractivity contribution in [2.45, 2.75) is 57.9 Å². The van der Waals surface area contributed by atoms with Gasteiger partial charge >= 0.3 is 0 Å². The number of hydrogen-bond acceptors (Lipinski definition) is 2. The second-order valence-corrected chi connectivity index (χ2v) is 10.7. The van der Waals surface area contributed by atoms with E-state index in [0.717, 1.165) is 56.5 Å². The van der Waals surface area contributed by atoms with E-state index in [4.69, 9.17) is 0 Å². The molecule has 1 saturated carbocycles. The van der Waals surface area contributed by atoms with Gasteiger partial charge in [0, 0.05) is 23.9 Å². The zero-order chi connectivity index (χ0) is 24.0. The SMILES string of the molecule is C[C@]12Cc3cnn(-c4ccc(F)cc4)c3C=C1CC[C@@H]2C(=O)N1CCCCC1Cc1ccccc1. The van der Waals surface area contributed by atoms with Crippen LogP contribution in [-0.2, 0) is 17.6 Å². The highest BCUT2D eigenvalue weighted by Gasteiger charge is 2.50. The van der Waals surface area contributed by atoms with Gasteiger partial charge in [-0.05, 0) is 86.4 Å². The smallest absolute Gasteiger partial charge is 0.226 e. The van der Waals surface area contributed by atoms with E-state index in [1.807, 2.05) is 10.9 Å². The number of allylic oxidation sites excluding steroid dienone is 1. The molecule has 3 aromatic rings. The molecule has 1 unspecified atom stereocenters. The zero-order valence-corrected chi connectivity index (χ0v) is 20.3. The van der Waals surface area contributed by atoms with E-state index in [2.05, 4.69) is 53.3 Å². The Labute approximate surface area is 206 Å². The first-order chi connectivity index (χ1) is 17.0.